The molecule has 1 unspecified atom stereocenters. The van der Waals surface area contributed by atoms with Crippen LogP contribution in [0.3, 0.4) is 0 Å². The van der Waals surface area contributed by atoms with E-state index in [4.69, 9.17) is 0 Å². The van der Waals surface area contributed by atoms with E-state index in [0.29, 0.717) is 12.3 Å². The highest BCUT2D eigenvalue weighted by atomic mass is 79.9. The number of H-pyrrole nitrogens is 1. The fraction of sp³-hybridized carbons (Fsp3) is 0.412. The van der Waals surface area contributed by atoms with Gasteiger partial charge < -0.3 is 4.98 Å². The molecule has 3 aromatic rings. The van der Waals surface area contributed by atoms with Gasteiger partial charge in [0, 0.05) is 23.3 Å². The van der Waals surface area contributed by atoms with Gasteiger partial charge in [-0.15, -0.1) is 17.0 Å². The molecule has 0 spiro atoms. The first-order valence-electron chi connectivity index (χ1n) is 8.06. The highest BCUT2D eigenvalue weighted by Crippen LogP contribution is 2.36. The Balaban J connectivity index is 0.00000169. The molecule has 0 radical (unpaired) electrons. The Hall–Kier alpha value is -2.20. The van der Waals surface area contributed by atoms with E-state index in [9.17, 15) is 5.26 Å². The molecule has 1 aliphatic rings. The first kappa shape index (κ1) is 16.7. The van der Waals surface area contributed by atoms with Crippen LogP contribution in [0.25, 0.3) is 22.3 Å². The number of aromatic amines is 1. The second kappa shape index (κ2) is 7.14. The minimum absolute atomic E-state index is 0. The second-order valence-corrected chi connectivity index (χ2v) is 6.15. The molecule has 4 rings (SSSR count). The van der Waals surface area contributed by atoms with Crippen molar-refractivity contribution >= 4 is 28.0 Å². The number of nitriles is 1. The van der Waals surface area contributed by atoms with Gasteiger partial charge in [-0.05, 0) is 24.8 Å². The molecule has 3 heterocycles. The van der Waals surface area contributed by atoms with Crippen molar-refractivity contribution in [3.8, 4) is 17.3 Å². The fourth-order valence-electron chi connectivity index (χ4n) is 3.66. The third-order valence-electron chi connectivity index (χ3n) is 4.81. The summed E-state index contributed by atoms with van der Waals surface area (Å²) in [7, 11) is 0. The molecular formula is C17H19BrN6. The van der Waals surface area contributed by atoms with Crippen LogP contribution in [0.5, 0.6) is 0 Å². The van der Waals surface area contributed by atoms with Crippen molar-refractivity contribution < 1.29 is 0 Å². The molecule has 1 atom stereocenters. The van der Waals surface area contributed by atoms with Gasteiger partial charge in [-0.1, -0.05) is 12.8 Å². The first-order valence-corrected chi connectivity index (χ1v) is 8.06. The number of halogens is 1. The van der Waals surface area contributed by atoms with Crippen LogP contribution in [0, 0.1) is 17.2 Å². The second-order valence-electron chi connectivity index (χ2n) is 6.15. The number of nitrogens with one attached hydrogen (secondary N) is 1. The molecule has 6 nitrogen and oxygen atoms in total. The minimum atomic E-state index is 0. The lowest BCUT2D eigenvalue weighted by Crippen LogP contribution is -2.17. The normalized spacial score (nSPS) is 16.0. The summed E-state index contributed by atoms with van der Waals surface area (Å²) in [6, 6.07) is 4.47. The summed E-state index contributed by atoms with van der Waals surface area (Å²) in [6.07, 6.45) is 12.7. The van der Waals surface area contributed by atoms with Crippen LogP contribution in [-0.2, 0) is 0 Å². The average molecular weight is 387 g/mol. The largest absolute Gasteiger partial charge is 0.346 e. The molecule has 1 saturated carbocycles. The third-order valence-corrected chi connectivity index (χ3v) is 4.81. The first-order chi connectivity index (χ1) is 11.4. The van der Waals surface area contributed by atoms with Gasteiger partial charge in [0.15, 0.2) is 0 Å². The zero-order valence-electron chi connectivity index (χ0n) is 13.2. The molecule has 7 heteroatoms. The van der Waals surface area contributed by atoms with Gasteiger partial charge in [0.2, 0.25) is 0 Å². The van der Waals surface area contributed by atoms with Crippen LogP contribution in [0.15, 0.2) is 31.0 Å². The molecule has 0 bridgehead atoms. The molecule has 0 aliphatic heterocycles. The maximum Gasteiger partial charge on any atom is 0.141 e. The quantitative estimate of drug-likeness (QED) is 0.732. The number of hydrogen-bond acceptors (Lipinski definition) is 4. The molecule has 1 fully saturated rings. The van der Waals surface area contributed by atoms with Crippen molar-refractivity contribution in [2.75, 3.05) is 0 Å². The zero-order valence-corrected chi connectivity index (χ0v) is 14.9. The Bertz CT molecular complexity index is 855. The molecule has 24 heavy (non-hydrogen) atoms. The lowest BCUT2D eigenvalue weighted by Gasteiger charge is -2.21. The van der Waals surface area contributed by atoms with Crippen molar-refractivity contribution in [3.05, 3.63) is 31.0 Å². The van der Waals surface area contributed by atoms with Crippen molar-refractivity contribution in [1.82, 2.24) is 24.7 Å². The summed E-state index contributed by atoms with van der Waals surface area (Å²) >= 11 is 0. The summed E-state index contributed by atoms with van der Waals surface area (Å²) in [5.41, 5.74) is 2.68. The van der Waals surface area contributed by atoms with E-state index >= 15 is 0 Å². The van der Waals surface area contributed by atoms with Crippen molar-refractivity contribution in [2.45, 2.75) is 38.1 Å². The summed E-state index contributed by atoms with van der Waals surface area (Å²) < 4.78 is 1.97. The lowest BCUT2D eigenvalue weighted by atomic mass is 9.96. The van der Waals surface area contributed by atoms with Gasteiger partial charge in [-0.25, -0.2) is 9.97 Å². The standard InChI is InChI=1S/C17H18N6.BrH/c18-7-5-15(12-3-1-2-4-12)23-10-13(9-22-23)16-14-6-8-19-17(14)21-11-20-16;/h6,8-12,15H,1-5H2,(H,19,20,21);1H. The molecule has 3 aromatic heterocycles. The molecular weight excluding hydrogens is 368 g/mol. The smallest absolute Gasteiger partial charge is 0.141 e. The van der Waals surface area contributed by atoms with Gasteiger partial charge in [0.1, 0.15) is 12.0 Å². The Morgan fingerprint density at radius 1 is 1.33 bits per heavy atom. The van der Waals surface area contributed by atoms with Gasteiger partial charge in [0.05, 0.1) is 30.4 Å². The Morgan fingerprint density at radius 3 is 2.96 bits per heavy atom. The van der Waals surface area contributed by atoms with E-state index in [0.717, 1.165) is 22.3 Å². The van der Waals surface area contributed by atoms with Gasteiger partial charge in [-0.2, -0.15) is 10.4 Å². The summed E-state index contributed by atoms with van der Waals surface area (Å²) in [4.78, 5) is 11.7. The van der Waals surface area contributed by atoms with Crippen LogP contribution in [0.1, 0.15) is 38.1 Å². The van der Waals surface area contributed by atoms with Crippen LogP contribution in [0.2, 0.25) is 0 Å². The number of aromatic nitrogens is 5. The summed E-state index contributed by atoms with van der Waals surface area (Å²) in [5.74, 6) is 0.556. The number of fused-ring (bicyclic) bond motifs is 1. The highest BCUT2D eigenvalue weighted by molar-refractivity contribution is 8.93. The van der Waals surface area contributed by atoms with Crippen LogP contribution < -0.4 is 0 Å². The number of nitrogens with zero attached hydrogens (tertiary/aromatic N) is 5. The minimum Gasteiger partial charge on any atom is -0.346 e. The molecule has 0 aromatic carbocycles. The van der Waals surface area contributed by atoms with Gasteiger partial charge in [-0.3, -0.25) is 4.68 Å². The molecule has 0 saturated heterocycles. The number of rotatable bonds is 4. The topological polar surface area (TPSA) is 83.2 Å². The van der Waals surface area contributed by atoms with Crippen LogP contribution in [-0.4, -0.2) is 24.7 Å². The Morgan fingerprint density at radius 2 is 2.17 bits per heavy atom. The van der Waals surface area contributed by atoms with E-state index in [1.807, 2.05) is 29.3 Å². The van der Waals surface area contributed by atoms with E-state index in [1.54, 1.807) is 6.33 Å². The van der Waals surface area contributed by atoms with Crippen LogP contribution >= 0.6 is 17.0 Å². The number of hydrogen-bond donors (Lipinski definition) is 1. The fourth-order valence-corrected chi connectivity index (χ4v) is 3.66. The van der Waals surface area contributed by atoms with Crippen molar-refractivity contribution in [3.63, 3.8) is 0 Å². The summed E-state index contributed by atoms with van der Waals surface area (Å²) in [6.45, 7) is 0. The Kier molecular flexibility index (Phi) is 4.95. The molecule has 0 amide bonds. The Labute approximate surface area is 150 Å². The highest BCUT2D eigenvalue weighted by Gasteiger charge is 2.27. The molecule has 124 valence electrons. The predicted octanol–water partition coefficient (Wildman–Crippen LogP) is 4.04. The van der Waals surface area contributed by atoms with E-state index in [2.05, 4.69) is 26.1 Å². The maximum atomic E-state index is 9.18. The van der Waals surface area contributed by atoms with Gasteiger partial charge in [0.25, 0.3) is 0 Å². The predicted molar refractivity (Wildman–Crippen MR) is 96.7 cm³/mol. The average Bonchev–Trinajstić information content (AvgIpc) is 3.32. The third kappa shape index (κ3) is 2.94. The lowest BCUT2D eigenvalue weighted by molar-refractivity contribution is 0.315. The SMILES string of the molecule is Br.N#CCC(C1CCCC1)n1cc(-c2ncnc3[nH]ccc23)cn1. The van der Waals surface area contributed by atoms with E-state index in [1.165, 1.54) is 25.7 Å². The zero-order chi connectivity index (χ0) is 15.6. The molecule has 1 aliphatic carbocycles. The van der Waals surface area contributed by atoms with E-state index < -0.39 is 0 Å². The van der Waals surface area contributed by atoms with Gasteiger partial charge >= 0.3 is 0 Å². The van der Waals surface area contributed by atoms with Crippen LogP contribution in [0.4, 0.5) is 0 Å². The summed E-state index contributed by atoms with van der Waals surface area (Å²) in [5, 5.41) is 14.7. The van der Waals surface area contributed by atoms with Crippen molar-refractivity contribution in [2.24, 2.45) is 5.92 Å². The van der Waals surface area contributed by atoms with E-state index in [-0.39, 0.29) is 23.0 Å². The molecule has 1 N–H and O–H groups in total. The van der Waals surface area contributed by atoms with Crippen molar-refractivity contribution in [1.29, 1.82) is 5.26 Å². The monoisotopic (exact) mass is 386 g/mol. The maximum absolute atomic E-state index is 9.18.